The Balaban J connectivity index is 2.08. The zero-order valence-electron chi connectivity index (χ0n) is 14.4. The van der Waals surface area contributed by atoms with Crippen molar-refractivity contribution in [1.29, 1.82) is 5.26 Å². The first-order valence-electron chi connectivity index (χ1n) is 7.67. The van der Waals surface area contributed by atoms with E-state index in [0.717, 1.165) is 17.1 Å². The molecule has 0 spiro atoms. The summed E-state index contributed by atoms with van der Waals surface area (Å²) in [6, 6.07) is 12.6. The Morgan fingerprint density at radius 3 is 2.16 bits per heavy atom. The predicted octanol–water partition coefficient (Wildman–Crippen LogP) is 2.58. The Labute approximate surface area is 146 Å². The Hall–Kier alpha value is -3.33. The van der Waals surface area contributed by atoms with E-state index in [1.165, 1.54) is 6.92 Å². The lowest BCUT2D eigenvalue weighted by molar-refractivity contribution is -0.118. The predicted molar refractivity (Wildman–Crippen MR) is 93.0 cm³/mol. The highest BCUT2D eigenvalue weighted by Gasteiger charge is 2.15. The van der Waals surface area contributed by atoms with Crippen molar-refractivity contribution >= 4 is 11.8 Å². The highest BCUT2D eigenvalue weighted by atomic mass is 16.5. The van der Waals surface area contributed by atoms with Crippen LogP contribution in [-0.2, 0) is 9.53 Å². The van der Waals surface area contributed by atoms with Gasteiger partial charge in [0.2, 0.25) is 5.78 Å². The maximum atomic E-state index is 12.1. The number of aryl methyl sites for hydroxylation is 2. The summed E-state index contributed by atoms with van der Waals surface area (Å²) in [7, 11) is 0. The number of esters is 1. The van der Waals surface area contributed by atoms with Crippen LogP contribution in [0, 0.1) is 25.2 Å². The van der Waals surface area contributed by atoms with Gasteiger partial charge in [0.25, 0.3) is 0 Å². The normalized spacial score (nSPS) is 11.4. The number of Topliss-reactive ketones (excluding diaryl/α,β-unsaturated/α-hetero) is 1. The summed E-state index contributed by atoms with van der Waals surface area (Å²) in [5, 5.41) is 8.86. The number of nitrogens with zero attached hydrogens (tertiary/aromatic N) is 2. The molecule has 1 heterocycles. The van der Waals surface area contributed by atoms with Crippen molar-refractivity contribution in [3.8, 4) is 11.8 Å². The summed E-state index contributed by atoms with van der Waals surface area (Å²) in [5.41, 5.74) is 8.79. The van der Waals surface area contributed by atoms with Crippen molar-refractivity contribution in [2.45, 2.75) is 20.8 Å². The Morgan fingerprint density at radius 1 is 1.12 bits per heavy atom. The summed E-state index contributed by atoms with van der Waals surface area (Å²) in [6.45, 7) is 4.93. The smallest absolute Gasteiger partial charge is 0.338 e. The molecule has 1 aromatic heterocycles. The molecule has 0 aliphatic rings. The number of hydrogen-bond donors (Lipinski definition) is 1. The molecule has 0 saturated heterocycles. The van der Waals surface area contributed by atoms with Gasteiger partial charge in [-0.1, -0.05) is 0 Å². The molecule has 0 saturated carbocycles. The highest BCUT2D eigenvalue weighted by molar-refractivity contribution is 6.02. The molecular formula is C19H19N3O3. The van der Waals surface area contributed by atoms with E-state index in [4.69, 9.17) is 15.7 Å². The van der Waals surface area contributed by atoms with Crippen LogP contribution in [0.2, 0.25) is 0 Å². The lowest BCUT2D eigenvalue weighted by Crippen LogP contribution is -2.17. The second-order valence-corrected chi connectivity index (χ2v) is 5.67. The minimum absolute atomic E-state index is 0.102. The summed E-state index contributed by atoms with van der Waals surface area (Å²) in [6.07, 6.45) is 0. The van der Waals surface area contributed by atoms with Gasteiger partial charge in [-0.15, -0.1) is 0 Å². The number of rotatable bonds is 5. The van der Waals surface area contributed by atoms with E-state index in [2.05, 4.69) is 4.57 Å². The van der Waals surface area contributed by atoms with Gasteiger partial charge in [-0.3, -0.25) is 4.79 Å². The fourth-order valence-corrected chi connectivity index (χ4v) is 2.48. The molecule has 1 aromatic carbocycles. The molecule has 0 unspecified atom stereocenters. The van der Waals surface area contributed by atoms with E-state index in [9.17, 15) is 9.59 Å². The van der Waals surface area contributed by atoms with Crippen molar-refractivity contribution in [1.82, 2.24) is 4.57 Å². The number of hydrogen-bond acceptors (Lipinski definition) is 5. The summed E-state index contributed by atoms with van der Waals surface area (Å²) >= 11 is 0. The second kappa shape index (κ2) is 7.49. The second-order valence-electron chi connectivity index (χ2n) is 5.67. The number of ketones is 1. The first kappa shape index (κ1) is 18.0. The molecule has 25 heavy (non-hydrogen) atoms. The molecule has 128 valence electrons. The van der Waals surface area contributed by atoms with Gasteiger partial charge in [0.1, 0.15) is 11.6 Å². The standard InChI is InChI=1S/C19H19N3O3/c1-12-4-5-13(2)22(12)16-8-6-15(7-9-16)19(24)25-11-18(23)17(10-20)14(3)21/h4-9H,11,21H2,1-3H3/b17-14-. The number of carbonyl (C=O) groups is 2. The van der Waals surface area contributed by atoms with Gasteiger partial charge in [-0.05, 0) is 57.2 Å². The number of nitriles is 1. The summed E-state index contributed by atoms with van der Waals surface area (Å²) < 4.78 is 7.03. The number of aromatic nitrogens is 1. The lowest BCUT2D eigenvalue weighted by Gasteiger charge is -2.10. The van der Waals surface area contributed by atoms with Crippen LogP contribution in [0.5, 0.6) is 0 Å². The number of nitrogens with two attached hydrogens (primary N) is 1. The van der Waals surface area contributed by atoms with E-state index in [-0.39, 0.29) is 11.3 Å². The molecule has 0 radical (unpaired) electrons. The van der Waals surface area contributed by atoms with E-state index in [1.54, 1.807) is 18.2 Å². The van der Waals surface area contributed by atoms with Gasteiger partial charge >= 0.3 is 5.97 Å². The van der Waals surface area contributed by atoms with Crippen LogP contribution in [-0.4, -0.2) is 22.9 Å². The minimum Gasteiger partial charge on any atom is -0.454 e. The molecule has 0 aliphatic heterocycles. The number of ether oxygens (including phenoxy) is 1. The lowest BCUT2D eigenvalue weighted by atomic mass is 10.1. The molecule has 0 amide bonds. The molecule has 0 aliphatic carbocycles. The van der Waals surface area contributed by atoms with Crippen LogP contribution in [0.1, 0.15) is 28.7 Å². The maximum Gasteiger partial charge on any atom is 0.338 e. The first-order valence-corrected chi connectivity index (χ1v) is 7.67. The third kappa shape index (κ3) is 3.96. The van der Waals surface area contributed by atoms with Crippen LogP contribution in [0.3, 0.4) is 0 Å². The van der Waals surface area contributed by atoms with Gasteiger partial charge in [0.05, 0.1) is 5.56 Å². The van der Waals surface area contributed by atoms with Crippen molar-refractivity contribution < 1.29 is 14.3 Å². The molecule has 2 aromatic rings. The number of carbonyl (C=O) groups excluding carboxylic acids is 2. The van der Waals surface area contributed by atoms with E-state index >= 15 is 0 Å². The third-order valence-electron chi connectivity index (χ3n) is 3.75. The molecule has 2 rings (SSSR count). The van der Waals surface area contributed by atoms with Gasteiger partial charge in [-0.25, -0.2) is 4.79 Å². The summed E-state index contributed by atoms with van der Waals surface area (Å²) in [4.78, 5) is 23.8. The van der Waals surface area contributed by atoms with Gasteiger partial charge in [-0.2, -0.15) is 5.26 Å². The molecular weight excluding hydrogens is 318 g/mol. The van der Waals surface area contributed by atoms with Crippen molar-refractivity contribution in [2.24, 2.45) is 5.73 Å². The molecule has 6 nitrogen and oxygen atoms in total. The Morgan fingerprint density at radius 2 is 1.68 bits per heavy atom. The average molecular weight is 337 g/mol. The Kier molecular flexibility index (Phi) is 5.40. The zero-order chi connectivity index (χ0) is 18.6. The van der Waals surface area contributed by atoms with Crippen LogP contribution in [0.15, 0.2) is 47.7 Å². The average Bonchev–Trinajstić information content (AvgIpc) is 2.92. The molecule has 6 heteroatoms. The topological polar surface area (TPSA) is 98.1 Å². The fraction of sp³-hybridized carbons (Fsp3) is 0.211. The fourth-order valence-electron chi connectivity index (χ4n) is 2.48. The van der Waals surface area contributed by atoms with Gasteiger partial charge < -0.3 is 15.0 Å². The molecule has 0 fully saturated rings. The Bertz CT molecular complexity index is 860. The van der Waals surface area contributed by atoms with Crippen molar-refractivity contribution in [2.75, 3.05) is 6.61 Å². The minimum atomic E-state index is -0.632. The van der Waals surface area contributed by atoms with E-state index in [1.807, 2.05) is 38.1 Å². The zero-order valence-corrected chi connectivity index (χ0v) is 14.4. The molecule has 2 N–H and O–H groups in total. The monoisotopic (exact) mass is 337 g/mol. The van der Waals surface area contributed by atoms with E-state index < -0.39 is 18.4 Å². The maximum absolute atomic E-state index is 12.1. The van der Waals surface area contributed by atoms with E-state index in [0.29, 0.717) is 5.56 Å². The van der Waals surface area contributed by atoms with Crippen LogP contribution in [0.25, 0.3) is 5.69 Å². The molecule has 0 atom stereocenters. The van der Waals surface area contributed by atoms with Crippen molar-refractivity contribution in [3.05, 3.63) is 64.6 Å². The van der Waals surface area contributed by atoms with Crippen molar-refractivity contribution in [3.63, 3.8) is 0 Å². The summed E-state index contributed by atoms with van der Waals surface area (Å²) in [5.74, 6) is -1.25. The quantitative estimate of drug-likeness (QED) is 0.514. The van der Waals surface area contributed by atoms with Gasteiger partial charge in [0.15, 0.2) is 6.61 Å². The van der Waals surface area contributed by atoms with Gasteiger partial charge in [0, 0.05) is 22.8 Å². The SMILES string of the molecule is C/C(N)=C(\C#N)C(=O)COC(=O)c1ccc(-n2c(C)ccc2C)cc1. The first-order chi connectivity index (χ1) is 11.8. The number of benzene rings is 1. The third-order valence-corrected chi connectivity index (χ3v) is 3.75. The van der Waals surface area contributed by atoms with Crippen LogP contribution >= 0.6 is 0 Å². The number of allylic oxidation sites excluding steroid dienone is 1. The van der Waals surface area contributed by atoms with Crippen LogP contribution in [0.4, 0.5) is 0 Å². The largest absolute Gasteiger partial charge is 0.454 e. The van der Waals surface area contributed by atoms with Crippen LogP contribution < -0.4 is 5.73 Å². The molecule has 0 bridgehead atoms. The highest BCUT2D eigenvalue weighted by Crippen LogP contribution is 2.17.